The van der Waals surface area contributed by atoms with E-state index in [0.29, 0.717) is 17.3 Å². The molecule has 0 spiro atoms. The first-order valence-corrected chi connectivity index (χ1v) is 14.0. The fourth-order valence-corrected chi connectivity index (χ4v) is 5.66. The first kappa shape index (κ1) is 26.6. The molecule has 0 radical (unpaired) electrons. The Balaban J connectivity index is 1.43. The zero-order chi connectivity index (χ0) is 27.2. The van der Waals surface area contributed by atoms with Gasteiger partial charge in [0.2, 0.25) is 17.6 Å². The number of tetrazole rings is 1. The van der Waals surface area contributed by atoms with Crippen LogP contribution in [0.5, 0.6) is 5.75 Å². The summed E-state index contributed by atoms with van der Waals surface area (Å²) < 4.78 is 10.9. The van der Waals surface area contributed by atoms with Gasteiger partial charge in [-0.15, -0.1) is 21.5 Å². The van der Waals surface area contributed by atoms with Crippen LogP contribution in [0.2, 0.25) is 0 Å². The van der Waals surface area contributed by atoms with Crippen LogP contribution in [0, 0.1) is 6.92 Å². The summed E-state index contributed by atoms with van der Waals surface area (Å²) in [5.74, 6) is 1.74. The molecule has 5 rings (SSSR count). The van der Waals surface area contributed by atoms with E-state index in [2.05, 4.69) is 20.7 Å². The van der Waals surface area contributed by atoms with Gasteiger partial charge < -0.3 is 19.4 Å². The number of methoxy groups -OCH3 is 1. The fourth-order valence-electron chi connectivity index (χ4n) is 4.82. The van der Waals surface area contributed by atoms with Crippen molar-refractivity contribution in [1.29, 1.82) is 0 Å². The van der Waals surface area contributed by atoms with Crippen LogP contribution in [0.4, 0.5) is 0 Å². The molecule has 1 aliphatic rings. The number of thiophene rings is 1. The molecule has 1 atom stereocenters. The van der Waals surface area contributed by atoms with Crippen molar-refractivity contribution in [1.82, 2.24) is 30.4 Å². The van der Waals surface area contributed by atoms with Crippen LogP contribution in [0.25, 0.3) is 11.6 Å². The minimum atomic E-state index is -0.794. The van der Waals surface area contributed by atoms with Gasteiger partial charge in [-0.3, -0.25) is 9.59 Å². The van der Waals surface area contributed by atoms with E-state index in [1.165, 1.54) is 22.6 Å². The molecule has 1 unspecified atom stereocenters. The summed E-state index contributed by atoms with van der Waals surface area (Å²) >= 11 is 1.46. The Hall–Kier alpha value is -3.99. The SMILES string of the molecule is COc1ccc(CN(C(=O)Cn2nnc(-c3ccc(C)o3)n2)C(C(=O)NC2CCCCC2)c2cccs2)cc1. The van der Waals surface area contributed by atoms with E-state index < -0.39 is 6.04 Å². The Morgan fingerprint density at radius 3 is 2.62 bits per heavy atom. The molecule has 0 saturated heterocycles. The third-order valence-corrected chi connectivity index (χ3v) is 7.77. The van der Waals surface area contributed by atoms with Crippen molar-refractivity contribution in [2.75, 3.05) is 7.11 Å². The maximum atomic E-state index is 13.9. The molecule has 1 fully saturated rings. The predicted octanol–water partition coefficient (Wildman–Crippen LogP) is 4.53. The van der Waals surface area contributed by atoms with E-state index in [9.17, 15) is 9.59 Å². The van der Waals surface area contributed by atoms with Crippen molar-refractivity contribution >= 4 is 23.2 Å². The van der Waals surface area contributed by atoms with E-state index in [4.69, 9.17) is 9.15 Å². The summed E-state index contributed by atoms with van der Waals surface area (Å²) in [4.78, 5) is 31.3. The van der Waals surface area contributed by atoms with Crippen LogP contribution in [0.1, 0.15) is 54.3 Å². The van der Waals surface area contributed by atoms with Gasteiger partial charge in [0.1, 0.15) is 24.1 Å². The van der Waals surface area contributed by atoms with Crippen LogP contribution in [-0.4, -0.2) is 50.1 Å². The van der Waals surface area contributed by atoms with Gasteiger partial charge in [-0.2, -0.15) is 4.80 Å². The second-order valence-corrected chi connectivity index (χ2v) is 10.7. The zero-order valence-corrected chi connectivity index (χ0v) is 22.9. The number of ether oxygens (including phenoxy) is 1. The zero-order valence-electron chi connectivity index (χ0n) is 22.1. The van der Waals surface area contributed by atoms with Gasteiger partial charge in [-0.25, -0.2) is 0 Å². The van der Waals surface area contributed by atoms with E-state index in [1.807, 2.05) is 54.8 Å². The molecular weight excluding hydrogens is 516 g/mol. The van der Waals surface area contributed by atoms with Gasteiger partial charge in [0.25, 0.3) is 0 Å². The van der Waals surface area contributed by atoms with Crippen LogP contribution in [0.15, 0.2) is 58.3 Å². The number of rotatable bonds is 10. The Labute approximate surface area is 231 Å². The van der Waals surface area contributed by atoms with Gasteiger partial charge >= 0.3 is 0 Å². The number of carbonyl (C=O) groups excluding carboxylic acids is 2. The summed E-state index contributed by atoms with van der Waals surface area (Å²) in [5.41, 5.74) is 0.870. The average molecular weight is 549 g/mol. The van der Waals surface area contributed by atoms with Crippen molar-refractivity contribution < 1.29 is 18.7 Å². The van der Waals surface area contributed by atoms with E-state index >= 15 is 0 Å². The second kappa shape index (κ2) is 12.2. The molecular formula is C28H32N6O4S. The Kier molecular flexibility index (Phi) is 8.36. The normalized spacial score (nSPS) is 14.6. The summed E-state index contributed by atoms with van der Waals surface area (Å²) in [7, 11) is 1.61. The van der Waals surface area contributed by atoms with Crippen molar-refractivity contribution in [3.8, 4) is 17.3 Å². The summed E-state index contributed by atoms with van der Waals surface area (Å²) in [6, 6.07) is 14.2. The molecule has 204 valence electrons. The second-order valence-electron chi connectivity index (χ2n) is 9.68. The average Bonchev–Trinajstić information content (AvgIpc) is 3.72. The lowest BCUT2D eigenvalue weighted by molar-refractivity contribution is -0.142. The highest BCUT2D eigenvalue weighted by Crippen LogP contribution is 2.29. The third kappa shape index (κ3) is 6.54. The van der Waals surface area contributed by atoms with E-state index in [-0.39, 0.29) is 30.9 Å². The minimum absolute atomic E-state index is 0.114. The standard InChI is InChI=1S/C28H32N6O4S/c1-19-10-15-23(38-19)27-30-32-34(31-27)18-25(35)33(17-20-11-13-22(37-2)14-12-20)26(24-9-6-16-39-24)28(36)29-21-7-4-3-5-8-21/h6,9-16,21,26H,3-5,7-8,17-18H2,1-2H3,(H,29,36). The Bertz CT molecular complexity index is 1380. The molecule has 0 bridgehead atoms. The van der Waals surface area contributed by atoms with E-state index in [0.717, 1.165) is 41.9 Å². The van der Waals surface area contributed by atoms with Crippen molar-refractivity contribution in [3.05, 3.63) is 70.1 Å². The number of nitrogens with zero attached hydrogens (tertiary/aromatic N) is 5. The summed E-state index contributed by atoms with van der Waals surface area (Å²) in [6.07, 6.45) is 5.28. The highest BCUT2D eigenvalue weighted by molar-refractivity contribution is 7.10. The van der Waals surface area contributed by atoms with Gasteiger partial charge in [0.15, 0.2) is 5.76 Å². The van der Waals surface area contributed by atoms with Gasteiger partial charge in [-0.05, 0) is 66.3 Å². The molecule has 1 aromatic carbocycles. The summed E-state index contributed by atoms with van der Waals surface area (Å²) in [5, 5.41) is 17.6. The lowest BCUT2D eigenvalue weighted by atomic mass is 9.95. The summed E-state index contributed by atoms with van der Waals surface area (Å²) in [6.45, 7) is 1.88. The van der Waals surface area contributed by atoms with Gasteiger partial charge in [0.05, 0.1) is 7.11 Å². The topological polar surface area (TPSA) is 115 Å². The lowest BCUT2D eigenvalue weighted by Gasteiger charge is -2.32. The molecule has 1 aliphatic carbocycles. The Morgan fingerprint density at radius 1 is 1.15 bits per heavy atom. The number of carbonyl (C=O) groups is 2. The number of benzene rings is 1. The molecule has 10 nitrogen and oxygen atoms in total. The quantitative estimate of drug-likeness (QED) is 0.310. The van der Waals surface area contributed by atoms with Crippen LogP contribution in [0.3, 0.4) is 0 Å². The molecule has 1 saturated carbocycles. The number of amides is 2. The molecule has 1 N–H and O–H groups in total. The van der Waals surface area contributed by atoms with Crippen LogP contribution in [-0.2, 0) is 22.7 Å². The van der Waals surface area contributed by atoms with Crippen LogP contribution >= 0.6 is 11.3 Å². The van der Waals surface area contributed by atoms with Crippen molar-refractivity contribution in [3.63, 3.8) is 0 Å². The molecule has 3 heterocycles. The first-order chi connectivity index (χ1) is 19.0. The van der Waals surface area contributed by atoms with Crippen molar-refractivity contribution in [2.24, 2.45) is 0 Å². The monoisotopic (exact) mass is 548 g/mol. The number of aryl methyl sites for hydroxylation is 1. The fraction of sp³-hybridized carbons (Fsp3) is 0.393. The van der Waals surface area contributed by atoms with Crippen molar-refractivity contribution in [2.45, 2.75) is 64.2 Å². The largest absolute Gasteiger partial charge is 0.497 e. The van der Waals surface area contributed by atoms with Crippen LogP contribution < -0.4 is 10.1 Å². The lowest BCUT2D eigenvalue weighted by Crippen LogP contribution is -2.47. The molecule has 11 heteroatoms. The highest BCUT2D eigenvalue weighted by Gasteiger charge is 2.34. The van der Waals surface area contributed by atoms with Gasteiger partial charge in [-0.1, -0.05) is 37.5 Å². The maximum Gasteiger partial charge on any atom is 0.248 e. The predicted molar refractivity (Wildman–Crippen MR) is 146 cm³/mol. The molecule has 3 aromatic heterocycles. The number of nitrogens with one attached hydrogen (secondary N) is 1. The number of hydrogen-bond acceptors (Lipinski definition) is 8. The first-order valence-electron chi connectivity index (χ1n) is 13.1. The minimum Gasteiger partial charge on any atom is -0.497 e. The highest BCUT2D eigenvalue weighted by atomic mass is 32.1. The number of furan rings is 1. The Morgan fingerprint density at radius 2 is 1.95 bits per heavy atom. The molecule has 2 amide bonds. The van der Waals surface area contributed by atoms with E-state index in [1.54, 1.807) is 18.1 Å². The molecule has 39 heavy (non-hydrogen) atoms. The maximum absolute atomic E-state index is 13.9. The molecule has 0 aliphatic heterocycles. The van der Waals surface area contributed by atoms with Gasteiger partial charge in [0, 0.05) is 17.5 Å². The number of hydrogen-bond donors (Lipinski definition) is 1. The molecule has 4 aromatic rings. The smallest absolute Gasteiger partial charge is 0.248 e. The third-order valence-electron chi connectivity index (χ3n) is 6.85. The number of aromatic nitrogens is 4.